The van der Waals surface area contributed by atoms with Crippen LogP contribution in [-0.4, -0.2) is 32.8 Å². The quantitative estimate of drug-likeness (QED) is 0.722. The first-order valence-corrected chi connectivity index (χ1v) is 7.95. The first-order chi connectivity index (χ1) is 11.6. The Labute approximate surface area is 150 Å². The molecule has 128 valence electrons. The van der Waals surface area contributed by atoms with Gasteiger partial charge in [-0.1, -0.05) is 29.3 Å². The summed E-state index contributed by atoms with van der Waals surface area (Å²) in [6.45, 7) is 0.550. The lowest BCUT2D eigenvalue weighted by Crippen LogP contribution is -2.32. The van der Waals surface area contributed by atoms with Crippen LogP contribution in [0.4, 0.5) is 0 Å². The lowest BCUT2D eigenvalue weighted by molar-refractivity contribution is -0.123. The molecule has 1 N–H and O–H groups in total. The summed E-state index contributed by atoms with van der Waals surface area (Å²) in [5, 5.41) is 3.56. The fraction of sp³-hybridized carbons (Fsp3) is 0.235. The topological polar surface area (TPSA) is 56.8 Å². The van der Waals surface area contributed by atoms with Gasteiger partial charge in [0.1, 0.15) is 23.9 Å². The van der Waals surface area contributed by atoms with Crippen LogP contribution in [0, 0.1) is 0 Å². The maximum Gasteiger partial charge on any atom is 0.258 e. The summed E-state index contributed by atoms with van der Waals surface area (Å²) < 4.78 is 16.0. The van der Waals surface area contributed by atoms with E-state index in [1.807, 2.05) is 18.2 Å². The second kappa shape index (κ2) is 9.25. The third-order valence-corrected chi connectivity index (χ3v) is 3.52. The van der Waals surface area contributed by atoms with Crippen LogP contribution < -0.4 is 19.5 Å². The Morgan fingerprint density at radius 2 is 1.88 bits per heavy atom. The van der Waals surface area contributed by atoms with E-state index in [0.717, 1.165) is 0 Å². The highest BCUT2D eigenvalue weighted by molar-refractivity contribution is 6.35. The van der Waals surface area contributed by atoms with E-state index in [-0.39, 0.29) is 12.5 Å². The van der Waals surface area contributed by atoms with Gasteiger partial charge in [0.25, 0.3) is 5.91 Å². The third-order valence-electron chi connectivity index (χ3n) is 2.99. The van der Waals surface area contributed by atoms with Crippen molar-refractivity contribution in [1.82, 2.24) is 5.32 Å². The van der Waals surface area contributed by atoms with Crippen molar-refractivity contribution in [2.75, 3.05) is 26.9 Å². The van der Waals surface area contributed by atoms with Crippen LogP contribution in [0.25, 0.3) is 0 Å². The maximum absolute atomic E-state index is 11.7. The molecular weight excluding hydrogens is 353 g/mol. The molecule has 24 heavy (non-hydrogen) atoms. The van der Waals surface area contributed by atoms with E-state index in [0.29, 0.717) is 40.4 Å². The van der Waals surface area contributed by atoms with Crippen LogP contribution >= 0.6 is 23.2 Å². The van der Waals surface area contributed by atoms with Crippen molar-refractivity contribution in [1.29, 1.82) is 0 Å². The molecule has 2 aromatic carbocycles. The minimum Gasteiger partial charge on any atom is -0.497 e. The van der Waals surface area contributed by atoms with Gasteiger partial charge >= 0.3 is 0 Å². The van der Waals surface area contributed by atoms with E-state index in [2.05, 4.69) is 5.32 Å². The Hall–Kier alpha value is -2.11. The number of nitrogens with one attached hydrogen (secondary N) is 1. The van der Waals surface area contributed by atoms with Gasteiger partial charge in [-0.05, 0) is 30.3 Å². The second-order valence-electron chi connectivity index (χ2n) is 4.74. The fourth-order valence-electron chi connectivity index (χ4n) is 1.84. The van der Waals surface area contributed by atoms with Gasteiger partial charge < -0.3 is 19.5 Å². The molecule has 0 fully saturated rings. The molecule has 0 aromatic heterocycles. The van der Waals surface area contributed by atoms with Crippen LogP contribution in [0.15, 0.2) is 42.5 Å². The van der Waals surface area contributed by atoms with Gasteiger partial charge in [0, 0.05) is 11.1 Å². The largest absolute Gasteiger partial charge is 0.497 e. The monoisotopic (exact) mass is 369 g/mol. The van der Waals surface area contributed by atoms with Crippen LogP contribution in [0.1, 0.15) is 0 Å². The Kier molecular flexibility index (Phi) is 7.03. The highest BCUT2D eigenvalue weighted by Gasteiger charge is 2.06. The second-order valence-corrected chi connectivity index (χ2v) is 5.58. The minimum atomic E-state index is -0.268. The molecule has 0 radical (unpaired) electrons. The van der Waals surface area contributed by atoms with Crippen molar-refractivity contribution in [3.63, 3.8) is 0 Å². The van der Waals surface area contributed by atoms with E-state index >= 15 is 0 Å². The summed E-state index contributed by atoms with van der Waals surface area (Å²) in [5.41, 5.74) is 0. The lowest BCUT2D eigenvalue weighted by atomic mass is 10.3. The maximum atomic E-state index is 11.7. The van der Waals surface area contributed by atoms with Gasteiger partial charge in [0.2, 0.25) is 0 Å². The van der Waals surface area contributed by atoms with Gasteiger partial charge in [0.05, 0.1) is 18.7 Å². The smallest absolute Gasteiger partial charge is 0.258 e. The Bertz CT molecular complexity index is 694. The third kappa shape index (κ3) is 5.83. The van der Waals surface area contributed by atoms with Crippen molar-refractivity contribution in [2.45, 2.75) is 0 Å². The molecule has 0 bridgehead atoms. The molecule has 0 atom stereocenters. The van der Waals surface area contributed by atoms with Crippen LogP contribution in [0.3, 0.4) is 0 Å². The van der Waals surface area contributed by atoms with Gasteiger partial charge in [-0.15, -0.1) is 0 Å². The summed E-state index contributed by atoms with van der Waals surface area (Å²) in [6.07, 6.45) is 0. The lowest BCUT2D eigenvalue weighted by Gasteiger charge is -2.10. The first kappa shape index (κ1) is 18.2. The molecule has 2 aromatic rings. The molecule has 0 aliphatic heterocycles. The predicted octanol–water partition coefficient (Wildman–Crippen LogP) is 3.58. The molecule has 0 saturated heterocycles. The highest BCUT2D eigenvalue weighted by atomic mass is 35.5. The van der Waals surface area contributed by atoms with Gasteiger partial charge in [-0.3, -0.25) is 4.79 Å². The number of hydrogen-bond donors (Lipinski definition) is 1. The summed E-state index contributed by atoms with van der Waals surface area (Å²) in [6, 6.07) is 12.1. The number of carbonyl (C=O) groups is 1. The normalized spacial score (nSPS) is 10.1. The number of rotatable bonds is 8. The molecule has 7 heteroatoms. The zero-order valence-corrected chi connectivity index (χ0v) is 14.6. The molecule has 0 aliphatic rings. The number of amides is 1. The zero-order valence-electron chi connectivity index (χ0n) is 13.1. The Morgan fingerprint density at radius 1 is 1.08 bits per heavy atom. The number of benzene rings is 2. The number of hydrogen-bond acceptors (Lipinski definition) is 4. The average molecular weight is 370 g/mol. The van der Waals surface area contributed by atoms with Crippen molar-refractivity contribution in [3.8, 4) is 17.2 Å². The van der Waals surface area contributed by atoms with E-state index < -0.39 is 0 Å². The van der Waals surface area contributed by atoms with Crippen molar-refractivity contribution in [3.05, 3.63) is 52.5 Å². The molecule has 5 nitrogen and oxygen atoms in total. The molecule has 1 amide bonds. The van der Waals surface area contributed by atoms with Crippen LogP contribution in [0.5, 0.6) is 17.2 Å². The van der Waals surface area contributed by atoms with E-state index in [4.69, 9.17) is 37.4 Å². The summed E-state index contributed by atoms with van der Waals surface area (Å²) in [5.74, 6) is 1.52. The standard InChI is InChI=1S/C17H17Cl2NO4/c1-22-13-3-2-4-14(10-13)23-8-7-20-17(21)11-24-16-6-5-12(18)9-15(16)19/h2-6,9-10H,7-8,11H2,1H3,(H,20,21). The minimum absolute atomic E-state index is 0.138. The van der Waals surface area contributed by atoms with Crippen molar-refractivity contribution in [2.24, 2.45) is 0 Å². The van der Waals surface area contributed by atoms with Crippen LogP contribution in [0.2, 0.25) is 10.0 Å². The van der Waals surface area contributed by atoms with E-state index in [9.17, 15) is 4.79 Å². The van der Waals surface area contributed by atoms with Gasteiger partial charge in [-0.25, -0.2) is 0 Å². The number of halogens is 2. The highest BCUT2D eigenvalue weighted by Crippen LogP contribution is 2.27. The molecule has 0 heterocycles. The average Bonchev–Trinajstić information content (AvgIpc) is 2.58. The summed E-state index contributed by atoms with van der Waals surface area (Å²) in [4.78, 5) is 11.7. The number of carbonyl (C=O) groups excluding carboxylic acids is 1. The predicted molar refractivity (Wildman–Crippen MR) is 93.5 cm³/mol. The van der Waals surface area contributed by atoms with Gasteiger partial charge in [0.15, 0.2) is 6.61 Å². The molecule has 0 spiro atoms. The fourth-order valence-corrected chi connectivity index (χ4v) is 2.30. The molecule has 0 saturated carbocycles. The number of methoxy groups -OCH3 is 1. The SMILES string of the molecule is COc1cccc(OCCNC(=O)COc2ccc(Cl)cc2Cl)c1. The molecule has 0 unspecified atom stereocenters. The van der Waals surface area contributed by atoms with Gasteiger partial charge in [-0.2, -0.15) is 0 Å². The van der Waals surface area contributed by atoms with Crippen molar-refractivity contribution < 1.29 is 19.0 Å². The molecule has 0 aliphatic carbocycles. The zero-order chi connectivity index (χ0) is 17.4. The first-order valence-electron chi connectivity index (χ1n) is 7.20. The Morgan fingerprint density at radius 3 is 2.62 bits per heavy atom. The van der Waals surface area contributed by atoms with E-state index in [1.54, 1.807) is 31.4 Å². The molecular formula is C17H17Cl2NO4. The Balaban J connectivity index is 1.67. The summed E-state index contributed by atoms with van der Waals surface area (Å²) in [7, 11) is 1.59. The van der Waals surface area contributed by atoms with E-state index in [1.165, 1.54) is 0 Å². The summed E-state index contributed by atoms with van der Waals surface area (Å²) >= 11 is 11.8. The van der Waals surface area contributed by atoms with Crippen LogP contribution in [-0.2, 0) is 4.79 Å². The molecule has 2 rings (SSSR count). The van der Waals surface area contributed by atoms with Crippen molar-refractivity contribution >= 4 is 29.1 Å². The number of ether oxygens (including phenoxy) is 3.